The summed E-state index contributed by atoms with van der Waals surface area (Å²) in [6, 6.07) is 4.33. The van der Waals surface area contributed by atoms with Gasteiger partial charge in [-0.25, -0.2) is 13.6 Å². The van der Waals surface area contributed by atoms with Gasteiger partial charge in [0.05, 0.1) is 13.2 Å². The molecule has 8 heteroatoms. The van der Waals surface area contributed by atoms with Crippen LogP contribution >= 0.6 is 19.7 Å². The zero-order valence-corrected chi connectivity index (χ0v) is 15.7. The number of hydrogen-bond acceptors (Lipinski definition) is 5. The molecule has 1 unspecified atom stereocenters. The lowest BCUT2D eigenvalue weighted by Gasteiger charge is -2.20. The number of halogens is 2. The number of fused-ring (bicyclic) bond motifs is 1. The molecule has 2 rings (SSSR count). The minimum Gasteiger partial charge on any atom is -0.457 e. The van der Waals surface area contributed by atoms with Crippen molar-refractivity contribution >= 4 is 35.8 Å². The maximum Gasteiger partial charge on any atom is 0.348 e. The van der Waals surface area contributed by atoms with Gasteiger partial charge < -0.3 is 13.8 Å². The van der Waals surface area contributed by atoms with Crippen LogP contribution in [0.15, 0.2) is 30.9 Å². The highest BCUT2D eigenvalue weighted by atomic mass is 32.1. The second kappa shape index (κ2) is 9.34. The van der Waals surface area contributed by atoms with E-state index in [1.165, 1.54) is 18.2 Å². The molecule has 1 aromatic carbocycles. The third kappa shape index (κ3) is 4.61. The SMILES string of the molecule is C=CCOC(=O)c1cc2c(F)c(C(F)P(OCC)OCC)ccc2s1. The Hall–Kier alpha value is -1.40. The van der Waals surface area contributed by atoms with Gasteiger partial charge >= 0.3 is 5.97 Å². The summed E-state index contributed by atoms with van der Waals surface area (Å²) in [6.07, 6.45) is 1.45. The van der Waals surface area contributed by atoms with Gasteiger partial charge in [0.1, 0.15) is 17.3 Å². The number of benzene rings is 1. The van der Waals surface area contributed by atoms with Crippen molar-refractivity contribution in [2.75, 3.05) is 19.8 Å². The van der Waals surface area contributed by atoms with Gasteiger partial charge in [-0.2, -0.15) is 0 Å². The lowest BCUT2D eigenvalue weighted by molar-refractivity contribution is 0.0555. The highest BCUT2D eigenvalue weighted by Crippen LogP contribution is 2.54. The summed E-state index contributed by atoms with van der Waals surface area (Å²) in [4.78, 5) is 12.1. The van der Waals surface area contributed by atoms with Gasteiger partial charge in [0.15, 0.2) is 5.91 Å². The van der Waals surface area contributed by atoms with Gasteiger partial charge in [-0.05, 0) is 26.0 Å². The van der Waals surface area contributed by atoms with Crippen LogP contribution in [0.4, 0.5) is 8.78 Å². The summed E-state index contributed by atoms with van der Waals surface area (Å²) in [5.41, 5.74) is -0.135. The molecule has 0 aliphatic heterocycles. The molecule has 0 fully saturated rings. The molecule has 0 saturated carbocycles. The van der Waals surface area contributed by atoms with Crippen molar-refractivity contribution in [1.82, 2.24) is 0 Å². The predicted molar refractivity (Wildman–Crippen MR) is 96.3 cm³/mol. The van der Waals surface area contributed by atoms with E-state index in [0.717, 1.165) is 11.3 Å². The van der Waals surface area contributed by atoms with E-state index in [1.807, 2.05) is 0 Å². The van der Waals surface area contributed by atoms with Gasteiger partial charge in [0.25, 0.3) is 0 Å². The Morgan fingerprint density at radius 1 is 1.36 bits per heavy atom. The van der Waals surface area contributed by atoms with Gasteiger partial charge in [0.2, 0.25) is 8.38 Å². The van der Waals surface area contributed by atoms with Crippen molar-refractivity contribution in [3.63, 3.8) is 0 Å². The minimum absolute atomic E-state index is 0.0698. The third-order valence-corrected chi connectivity index (χ3v) is 5.91. The molecule has 0 aliphatic carbocycles. The van der Waals surface area contributed by atoms with E-state index >= 15 is 0 Å². The number of rotatable bonds is 9. The Bertz CT molecular complexity index is 744. The standard InChI is InChI=1S/C17H19F2O4PS/c1-4-9-21-17(20)14-10-12-13(25-14)8-7-11(15(12)18)16(19)24(22-5-2)23-6-3/h4,7-8,10,16H,1,5-6,9H2,2-3H3. The molecule has 0 amide bonds. The number of alkyl halides is 1. The maximum atomic E-state index is 14.8. The molecule has 0 aliphatic rings. The number of thiophene rings is 1. The first-order valence-corrected chi connectivity index (χ1v) is 9.78. The Kier molecular flexibility index (Phi) is 7.44. The zero-order chi connectivity index (χ0) is 18.4. The highest BCUT2D eigenvalue weighted by molar-refractivity contribution is 7.47. The van der Waals surface area contributed by atoms with Crippen molar-refractivity contribution < 1.29 is 27.4 Å². The van der Waals surface area contributed by atoms with E-state index in [-0.39, 0.29) is 35.6 Å². The van der Waals surface area contributed by atoms with Crippen LogP contribution in [0.3, 0.4) is 0 Å². The molecule has 2 aromatic rings. The summed E-state index contributed by atoms with van der Waals surface area (Å²) < 4.78 is 45.6. The molecule has 1 aromatic heterocycles. The van der Waals surface area contributed by atoms with Gasteiger partial charge in [-0.15, -0.1) is 11.3 Å². The van der Waals surface area contributed by atoms with E-state index in [0.29, 0.717) is 4.70 Å². The smallest absolute Gasteiger partial charge is 0.348 e. The first-order chi connectivity index (χ1) is 12.0. The quantitative estimate of drug-likeness (QED) is 0.312. The Labute approximate surface area is 150 Å². The number of carbonyl (C=O) groups excluding carboxylic acids is 1. The minimum atomic E-state index is -1.89. The predicted octanol–water partition coefficient (Wildman–Crippen LogP) is 5.74. The average Bonchev–Trinajstić information content (AvgIpc) is 3.04. The fourth-order valence-electron chi connectivity index (χ4n) is 2.12. The van der Waals surface area contributed by atoms with Gasteiger partial charge in [-0.1, -0.05) is 18.7 Å². The molecular weight excluding hydrogens is 369 g/mol. The molecule has 25 heavy (non-hydrogen) atoms. The molecule has 0 spiro atoms. The fourth-order valence-corrected chi connectivity index (χ4v) is 4.34. The summed E-state index contributed by atoms with van der Waals surface area (Å²) in [5.74, 6) is -2.99. The molecule has 4 nitrogen and oxygen atoms in total. The van der Waals surface area contributed by atoms with Crippen LogP contribution in [0.2, 0.25) is 0 Å². The second-order valence-electron chi connectivity index (χ2n) is 4.84. The van der Waals surface area contributed by atoms with E-state index in [2.05, 4.69) is 6.58 Å². The van der Waals surface area contributed by atoms with Crippen molar-refractivity contribution in [1.29, 1.82) is 0 Å². The summed E-state index contributed by atoms with van der Waals surface area (Å²) >= 11 is 1.09. The van der Waals surface area contributed by atoms with Crippen molar-refractivity contribution in [3.8, 4) is 0 Å². The second-order valence-corrected chi connectivity index (χ2v) is 7.46. The normalized spacial score (nSPS) is 12.5. The molecular formula is C17H19F2O4PS. The Morgan fingerprint density at radius 3 is 2.64 bits per heavy atom. The molecule has 0 bridgehead atoms. The molecule has 136 valence electrons. The fraction of sp³-hybridized carbons (Fsp3) is 0.353. The largest absolute Gasteiger partial charge is 0.457 e. The maximum absolute atomic E-state index is 14.8. The van der Waals surface area contributed by atoms with Crippen molar-refractivity contribution in [3.05, 3.63) is 47.1 Å². The van der Waals surface area contributed by atoms with E-state index in [9.17, 15) is 13.6 Å². The number of esters is 1. The topological polar surface area (TPSA) is 44.8 Å². The first kappa shape index (κ1) is 19.9. The average molecular weight is 388 g/mol. The van der Waals surface area contributed by atoms with Crippen molar-refractivity contribution in [2.45, 2.75) is 19.8 Å². The summed E-state index contributed by atoms with van der Waals surface area (Å²) in [7, 11) is -1.89. The molecule has 0 N–H and O–H groups in total. The molecule has 1 heterocycles. The highest BCUT2D eigenvalue weighted by Gasteiger charge is 2.29. The monoisotopic (exact) mass is 388 g/mol. The zero-order valence-electron chi connectivity index (χ0n) is 14.0. The van der Waals surface area contributed by atoms with Crippen LogP contribution in [-0.2, 0) is 13.8 Å². The molecule has 1 atom stereocenters. The van der Waals surface area contributed by atoms with Gasteiger partial charge in [-0.3, -0.25) is 0 Å². The van der Waals surface area contributed by atoms with E-state index in [1.54, 1.807) is 19.9 Å². The third-order valence-electron chi connectivity index (χ3n) is 3.15. The first-order valence-electron chi connectivity index (χ1n) is 7.72. The van der Waals surface area contributed by atoms with E-state index < -0.39 is 26.1 Å². The van der Waals surface area contributed by atoms with Crippen LogP contribution in [0.1, 0.15) is 35.0 Å². The summed E-state index contributed by atoms with van der Waals surface area (Å²) in [5, 5.41) is 0.179. The molecule has 0 saturated heterocycles. The van der Waals surface area contributed by atoms with Crippen LogP contribution in [0, 0.1) is 5.82 Å². The summed E-state index contributed by atoms with van der Waals surface area (Å²) in [6.45, 7) is 7.52. The van der Waals surface area contributed by atoms with Gasteiger partial charge in [0, 0.05) is 15.6 Å². The lowest BCUT2D eigenvalue weighted by Crippen LogP contribution is -2.02. The van der Waals surface area contributed by atoms with Crippen LogP contribution in [-0.4, -0.2) is 25.8 Å². The van der Waals surface area contributed by atoms with E-state index in [4.69, 9.17) is 13.8 Å². The lowest BCUT2D eigenvalue weighted by atomic mass is 10.1. The van der Waals surface area contributed by atoms with Crippen LogP contribution in [0.5, 0.6) is 0 Å². The van der Waals surface area contributed by atoms with Crippen LogP contribution in [0.25, 0.3) is 10.1 Å². The molecule has 0 radical (unpaired) electrons. The van der Waals surface area contributed by atoms with Crippen LogP contribution < -0.4 is 0 Å². The Morgan fingerprint density at radius 2 is 2.04 bits per heavy atom. The van der Waals surface area contributed by atoms with Crippen molar-refractivity contribution in [2.24, 2.45) is 0 Å². The number of ether oxygens (including phenoxy) is 1. The Balaban J connectivity index is 2.34. The number of hydrogen-bond donors (Lipinski definition) is 0. The number of carbonyl (C=O) groups is 1.